The first-order chi connectivity index (χ1) is 7.50. The van der Waals surface area contributed by atoms with E-state index in [9.17, 15) is 0 Å². The summed E-state index contributed by atoms with van der Waals surface area (Å²) < 4.78 is 5.90. The minimum Gasteiger partial charge on any atom is -0.423 e. The second-order valence-corrected chi connectivity index (χ2v) is 8.97. The Morgan fingerprint density at radius 1 is 1.06 bits per heavy atom. The number of halogens is 1. The van der Waals surface area contributed by atoms with Crippen LogP contribution >= 0.6 is 15.9 Å². The molecule has 0 aromatic carbocycles. The van der Waals surface area contributed by atoms with Crippen molar-refractivity contribution < 1.29 is 4.43 Å². The third kappa shape index (κ3) is 12.2. The molecule has 0 spiro atoms. The molecule has 4 heteroatoms. The minimum absolute atomic E-state index is 0. The van der Waals surface area contributed by atoms with E-state index in [2.05, 4.69) is 43.6 Å². The lowest BCUT2D eigenvalue weighted by Gasteiger charge is -2.28. The highest BCUT2D eigenvalue weighted by atomic mass is 79.9. The molecule has 0 radical (unpaired) electrons. The highest BCUT2D eigenvalue weighted by Gasteiger charge is 2.23. The molecule has 0 aliphatic carbocycles. The summed E-state index contributed by atoms with van der Waals surface area (Å²) in [6.07, 6.45) is 6.63. The zero-order chi connectivity index (χ0) is 12.4. The number of alkyl halides is 1. The summed E-state index contributed by atoms with van der Waals surface area (Å²) in [7, 11) is -0.360. The molecule has 0 bridgehead atoms. The number of unbranched alkanes of at least 4 members (excludes halogenated alkanes) is 4. The van der Waals surface area contributed by atoms with E-state index in [0.717, 1.165) is 17.9 Å². The SMILES string of the molecule is CC(C)C(C)(C)[SiH2]OCCCCCCCBr.[MgH2]. The zero-order valence-corrected chi connectivity index (χ0v) is 14.5. The average molecular weight is 336 g/mol. The van der Waals surface area contributed by atoms with Gasteiger partial charge < -0.3 is 4.43 Å². The molecular formula is C13H31BrMgOSi. The molecular weight excluding hydrogens is 304 g/mol. The standard InChI is InChI=1S/C13H29BrOSi.Mg.2H/c1-12(2)13(3,4)16-15-11-9-7-5-6-8-10-14;;;/h12H,5-11,16H2,1-4H3;;;. The van der Waals surface area contributed by atoms with Crippen molar-refractivity contribution in [1.82, 2.24) is 0 Å². The Balaban J connectivity index is 0. The molecule has 0 N–H and O–H groups in total. The van der Waals surface area contributed by atoms with Gasteiger partial charge in [-0.05, 0) is 23.8 Å². The van der Waals surface area contributed by atoms with Gasteiger partial charge >= 0.3 is 23.1 Å². The smallest absolute Gasteiger partial charge is 0.316 e. The minimum atomic E-state index is -0.360. The van der Waals surface area contributed by atoms with Gasteiger partial charge in [0.2, 0.25) is 0 Å². The summed E-state index contributed by atoms with van der Waals surface area (Å²) in [5.74, 6) is 0.748. The molecule has 0 saturated carbocycles. The van der Waals surface area contributed by atoms with Gasteiger partial charge in [0, 0.05) is 11.9 Å². The van der Waals surface area contributed by atoms with Crippen molar-refractivity contribution in [3.8, 4) is 0 Å². The second-order valence-electron chi connectivity index (χ2n) is 5.65. The Bertz CT molecular complexity index is 165. The van der Waals surface area contributed by atoms with Crippen LogP contribution in [0.5, 0.6) is 0 Å². The van der Waals surface area contributed by atoms with E-state index in [0.29, 0.717) is 5.04 Å². The van der Waals surface area contributed by atoms with Gasteiger partial charge in [-0.2, -0.15) is 0 Å². The molecule has 0 amide bonds. The van der Waals surface area contributed by atoms with Crippen LogP contribution in [0.15, 0.2) is 0 Å². The van der Waals surface area contributed by atoms with E-state index in [-0.39, 0.29) is 32.8 Å². The van der Waals surface area contributed by atoms with Crippen LogP contribution in [0, 0.1) is 5.92 Å². The van der Waals surface area contributed by atoms with Crippen molar-refractivity contribution in [3.63, 3.8) is 0 Å². The lowest BCUT2D eigenvalue weighted by Crippen LogP contribution is -2.22. The normalized spacial score (nSPS) is 12.4. The van der Waals surface area contributed by atoms with Crippen LogP contribution in [0.1, 0.15) is 59.8 Å². The second kappa shape index (κ2) is 12.5. The zero-order valence-electron chi connectivity index (χ0n) is 11.5. The van der Waals surface area contributed by atoms with E-state index in [1.165, 1.54) is 32.1 Å². The predicted molar refractivity (Wildman–Crippen MR) is 88.8 cm³/mol. The van der Waals surface area contributed by atoms with Crippen LogP contribution in [0.2, 0.25) is 5.04 Å². The first kappa shape index (κ1) is 20.7. The van der Waals surface area contributed by atoms with Crippen LogP contribution in [0.3, 0.4) is 0 Å². The first-order valence-corrected chi connectivity index (χ1v) is 9.05. The van der Waals surface area contributed by atoms with E-state index in [1.807, 2.05) is 0 Å². The molecule has 0 aliphatic rings. The highest BCUT2D eigenvalue weighted by molar-refractivity contribution is 9.09. The maximum absolute atomic E-state index is 5.90. The Kier molecular flexibility index (Phi) is 15.2. The van der Waals surface area contributed by atoms with Crippen LogP contribution in [-0.4, -0.2) is 44.8 Å². The summed E-state index contributed by atoms with van der Waals surface area (Å²) in [4.78, 5) is 0. The topological polar surface area (TPSA) is 9.23 Å². The van der Waals surface area contributed by atoms with Gasteiger partial charge in [-0.1, -0.05) is 62.9 Å². The van der Waals surface area contributed by atoms with Crippen LogP contribution < -0.4 is 0 Å². The molecule has 102 valence electrons. The van der Waals surface area contributed by atoms with Gasteiger partial charge in [-0.25, -0.2) is 0 Å². The Hall–Kier alpha value is 1.42. The summed E-state index contributed by atoms with van der Waals surface area (Å²) in [5.41, 5.74) is 0. The van der Waals surface area contributed by atoms with Crippen molar-refractivity contribution in [2.45, 2.75) is 64.8 Å². The van der Waals surface area contributed by atoms with Crippen molar-refractivity contribution in [2.75, 3.05) is 11.9 Å². The van der Waals surface area contributed by atoms with Gasteiger partial charge in [0.1, 0.15) is 0 Å². The highest BCUT2D eigenvalue weighted by Crippen LogP contribution is 2.32. The van der Waals surface area contributed by atoms with Crippen molar-refractivity contribution in [3.05, 3.63) is 0 Å². The van der Waals surface area contributed by atoms with Gasteiger partial charge in [0.25, 0.3) is 0 Å². The van der Waals surface area contributed by atoms with E-state index in [4.69, 9.17) is 4.43 Å². The van der Waals surface area contributed by atoms with Gasteiger partial charge in [0.05, 0.1) is 0 Å². The molecule has 0 rings (SSSR count). The fourth-order valence-corrected chi connectivity index (χ4v) is 2.94. The number of rotatable bonds is 10. The van der Waals surface area contributed by atoms with Crippen molar-refractivity contribution in [1.29, 1.82) is 0 Å². The molecule has 0 heterocycles. The molecule has 17 heavy (non-hydrogen) atoms. The van der Waals surface area contributed by atoms with Gasteiger partial charge in [-0.15, -0.1) is 0 Å². The van der Waals surface area contributed by atoms with Gasteiger partial charge in [-0.3, -0.25) is 0 Å². The lowest BCUT2D eigenvalue weighted by atomic mass is 9.99. The summed E-state index contributed by atoms with van der Waals surface area (Å²) in [6.45, 7) is 10.3. The average Bonchev–Trinajstić information content (AvgIpc) is 2.21. The molecule has 0 aromatic heterocycles. The first-order valence-electron chi connectivity index (χ1n) is 6.64. The maximum atomic E-state index is 5.90. The van der Waals surface area contributed by atoms with E-state index in [1.54, 1.807) is 0 Å². The largest absolute Gasteiger partial charge is 0.423 e. The van der Waals surface area contributed by atoms with E-state index >= 15 is 0 Å². The van der Waals surface area contributed by atoms with Crippen LogP contribution in [0.4, 0.5) is 0 Å². The fraction of sp³-hybridized carbons (Fsp3) is 1.00. The Morgan fingerprint density at radius 3 is 2.12 bits per heavy atom. The Labute approximate surface area is 135 Å². The Morgan fingerprint density at radius 2 is 1.59 bits per heavy atom. The number of hydrogen-bond donors (Lipinski definition) is 0. The third-order valence-corrected chi connectivity index (χ3v) is 6.07. The fourth-order valence-electron chi connectivity index (χ4n) is 1.33. The lowest BCUT2D eigenvalue weighted by molar-refractivity contribution is 0.291. The summed E-state index contributed by atoms with van der Waals surface area (Å²) in [6, 6.07) is 0. The molecule has 0 atom stereocenters. The summed E-state index contributed by atoms with van der Waals surface area (Å²) >= 11 is 3.46. The molecule has 0 aliphatic heterocycles. The van der Waals surface area contributed by atoms with Crippen molar-refractivity contribution in [2.24, 2.45) is 5.92 Å². The monoisotopic (exact) mass is 334 g/mol. The maximum Gasteiger partial charge on any atom is 0.316 e. The summed E-state index contributed by atoms with van der Waals surface area (Å²) in [5, 5.41) is 1.61. The molecule has 0 unspecified atom stereocenters. The van der Waals surface area contributed by atoms with E-state index < -0.39 is 0 Å². The van der Waals surface area contributed by atoms with Crippen LogP contribution in [0.25, 0.3) is 0 Å². The third-order valence-electron chi connectivity index (χ3n) is 3.46. The molecule has 0 aromatic rings. The van der Waals surface area contributed by atoms with Gasteiger partial charge in [0.15, 0.2) is 9.76 Å². The molecule has 1 nitrogen and oxygen atoms in total. The number of hydrogen-bond acceptors (Lipinski definition) is 1. The predicted octanol–water partition coefficient (Wildman–Crippen LogP) is 3.37. The van der Waals surface area contributed by atoms with Crippen LogP contribution in [-0.2, 0) is 4.43 Å². The molecule has 0 saturated heterocycles. The quantitative estimate of drug-likeness (QED) is 0.338. The molecule has 0 fully saturated rings. The van der Waals surface area contributed by atoms with Crippen molar-refractivity contribution >= 4 is 48.7 Å².